The van der Waals surface area contributed by atoms with Crippen LogP contribution in [-0.2, 0) is 4.74 Å². The lowest BCUT2D eigenvalue weighted by Crippen LogP contribution is -2.47. The molecule has 3 fully saturated rings. The normalized spacial score (nSPS) is 48.0. The molecular formula is C10H18O. The zero-order valence-corrected chi connectivity index (χ0v) is 7.81. The maximum atomic E-state index is 5.87. The van der Waals surface area contributed by atoms with Crippen molar-refractivity contribution in [1.29, 1.82) is 0 Å². The summed E-state index contributed by atoms with van der Waals surface area (Å²) in [5, 5.41) is 0. The second-order valence-corrected chi connectivity index (χ2v) is 4.72. The SMILES string of the molecule is CCC12COC(C(C)C)(C1)C2. The lowest BCUT2D eigenvalue weighted by Gasteiger charge is -2.46. The molecule has 1 aliphatic carbocycles. The van der Waals surface area contributed by atoms with Crippen molar-refractivity contribution in [3.8, 4) is 0 Å². The van der Waals surface area contributed by atoms with Crippen LogP contribution in [0.1, 0.15) is 40.0 Å². The highest BCUT2D eigenvalue weighted by atomic mass is 16.5. The van der Waals surface area contributed by atoms with Gasteiger partial charge in [-0.15, -0.1) is 0 Å². The van der Waals surface area contributed by atoms with Crippen LogP contribution in [0.5, 0.6) is 0 Å². The Morgan fingerprint density at radius 2 is 2.00 bits per heavy atom. The summed E-state index contributed by atoms with van der Waals surface area (Å²) in [6.07, 6.45) is 3.96. The van der Waals surface area contributed by atoms with E-state index >= 15 is 0 Å². The summed E-state index contributed by atoms with van der Waals surface area (Å²) in [4.78, 5) is 0. The highest BCUT2D eigenvalue weighted by molar-refractivity contribution is 5.11. The van der Waals surface area contributed by atoms with Crippen LogP contribution in [0.15, 0.2) is 0 Å². The molecule has 0 aromatic heterocycles. The van der Waals surface area contributed by atoms with E-state index in [-0.39, 0.29) is 0 Å². The average Bonchev–Trinajstić information content (AvgIpc) is 2.39. The van der Waals surface area contributed by atoms with Crippen LogP contribution < -0.4 is 0 Å². The lowest BCUT2D eigenvalue weighted by molar-refractivity contribution is -0.0552. The van der Waals surface area contributed by atoms with Gasteiger partial charge in [-0.3, -0.25) is 0 Å². The first-order chi connectivity index (χ1) is 5.13. The smallest absolute Gasteiger partial charge is 0.0717 e. The fourth-order valence-corrected chi connectivity index (χ4v) is 2.65. The summed E-state index contributed by atoms with van der Waals surface area (Å²) in [5.41, 5.74) is 0.903. The first kappa shape index (κ1) is 7.60. The number of hydrogen-bond donors (Lipinski definition) is 0. The van der Waals surface area contributed by atoms with Crippen LogP contribution in [-0.4, -0.2) is 12.2 Å². The minimum atomic E-state index is 0.302. The first-order valence-electron chi connectivity index (χ1n) is 4.76. The van der Waals surface area contributed by atoms with Crippen molar-refractivity contribution < 1.29 is 4.74 Å². The van der Waals surface area contributed by atoms with Gasteiger partial charge in [0.05, 0.1) is 12.2 Å². The quantitative estimate of drug-likeness (QED) is 0.594. The van der Waals surface area contributed by atoms with E-state index < -0.39 is 0 Å². The molecule has 3 rings (SSSR count). The predicted octanol–water partition coefficient (Wildman–Crippen LogP) is 2.60. The largest absolute Gasteiger partial charge is 0.374 e. The Morgan fingerprint density at radius 1 is 1.36 bits per heavy atom. The summed E-state index contributed by atoms with van der Waals surface area (Å²) < 4.78 is 5.87. The minimum Gasteiger partial charge on any atom is -0.374 e. The Kier molecular flexibility index (Phi) is 1.39. The topological polar surface area (TPSA) is 9.23 Å². The van der Waals surface area contributed by atoms with Gasteiger partial charge in [-0.25, -0.2) is 0 Å². The van der Waals surface area contributed by atoms with Gasteiger partial charge in [0.25, 0.3) is 0 Å². The maximum absolute atomic E-state index is 5.87. The number of rotatable bonds is 2. The third kappa shape index (κ3) is 0.807. The lowest BCUT2D eigenvalue weighted by atomic mass is 9.58. The van der Waals surface area contributed by atoms with Crippen LogP contribution in [0, 0.1) is 11.3 Å². The van der Waals surface area contributed by atoms with Gasteiger partial charge in [0, 0.05) is 0 Å². The van der Waals surface area contributed by atoms with E-state index in [1.807, 2.05) is 0 Å². The van der Waals surface area contributed by atoms with Gasteiger partial charge in [0.1, 0.15) is 0 Å². The van der Waals surface area contributed by atoms with Crippen molar-refractivity contribution in [2.24, 2.45) is 11.3 Å². The van der Waals surface area contributed by atoms with E-state index in [2.05, 4.69) is 20.8 Å². The second kappa shape index (κ2) is 2.01. The Labute approximate surface area is 69.1 Å². The molecule has 0 N–H and O–H groups in total. The molecule has 0 atom stereocenters. The molecule has 0 aromatic carbocycles. The van der Waals surface area contributed by atoms with Crippen LogP contribution in [0.25, 0.3) is 0 Å². The molecule has 0 radical (unpaired) electrons. The Morgan fingerprint density at radius 3 is 2.27 bits per heavy atom. The van der Waals surface area contributed by atoms with Crippen molar-refractivity contribution in [2.45, 2.75) is 45.6 Å². The molecule has 0 aromatic rings. The van der Waals surface area contributed by atoms with Gasteiger partial charge in [-0.2, -0.15) is 0 Å². The second-order valence-electron chi connectivity index (χ2n) is 4.72. The van der Waals surface area contributed by atoms with Gasteiger partial charge < -0.3 is 4.74 Å². The zero-order chi connectivity index (χ0) is 8.11. The molecular weight excluding hydrogens is 136 g/mol. The molecule has 1 saturated carbocycles. The fourth-order valence-electron chi connectivity index (χ4n) is 2.65. The van der Waals surface area contributed by atoms with E-state index in [4.69, 9.17) is 4.74 Å². The highest BCUT2D eigenvalue weighted by Crippen LogP contribution is 2.62. The molecule has 2 saturated heterocycles. The van der Waals surface area contributed by atoms with E-state index in [0.29, 0.717) is 16.9 Å². The summed E-state index contributed by atoms with van der Waals surface area (Å²) in [6, 6.07) is 0. The molecule has 0 amide bonds. The van der Waals surface area contributed by atoms with Gasteiger partial charge in [0.2, 0.25) is 0 Å². The summed E-state index contributed by atoms with van der Waals surface area (Å²) in [6.45, 7) is 7.89. The molecule has 2 bridgehead atoms. The number of hydrogen-bond acceptors (Lipinski definition) is 1. The molecule has 1 heteroatoms. The van der Waals surface area contributed by atoms with Crippen LogP contribution in [0.2, 0.25) is 0 Å². The van der Waals surface area contributed by atoms with E-state index in [1.165, 1.54) is 19.3 Å². The van der Waals surface area contributed by atoms with Crippen LogP contribution >= 0.6 is 0 Å². The number of fused-ring (bicyclic) bond motifs is 1. The molecule has 2 heterocycles. The van der Waals surface area contributed by atoms with Gasteiger partial charge in [-0.1, -0.05) is 20.8 Å². The number of ether oxygens (including phenoxy) is 1. The third-order valence-electron chi connectivity index (χ3n) is 3.82. The molecule has 3 aliphatic rings. The molecule has 0 spiro atoms. The average molecular weight is 154 g/mol. The van der Waals surface area contributed by atoms with Crippen LogP contribution in [0.4, 0.5) is 0 Å². The van der Waals surface area contributed by atoms with Gasteiger partial charge in [0.15, 0.2) is 0 Å². The molecule has 2 aliphatic heterocycles. The first-order valence-corrected chi connectivity index (χ1v) is 4.76. The van der Waals surface area contributed by atoms with Crippen LogP contribution in [0.3, 0.4) is 0 Å². The van der Waals surface area contributed by atoms with Gasteiger partial charge >= 0.3 is 0 Å². The Bertz CT molecular complexity index is 166. The maximum Gasteiger partial charge on any atom is 0.0717 e. The highest BCUT2D eigenvalue weighted by Gasteiger charge is 2.62. The van der Waals surface area contributed by atoms with Crippen molar-refractivity contribution in [1.82, 2.24) is 0 Å². The van der Waals surface area contributed by atoms with Crippen molar-refractivity contribution in [3.63, 3.8) is 0 Å². The zero-order valence-electron chi connectivity index (χ0n) is 7.81. The fraction of sp³-hybridized carbons (Fsp3) is 1.00. The predicted molar refractivity (Wildman–Crippen MR) is 45.5 cm³/mol. The van der Waals surface area contributed by atoms with Crippen molar-refractivity contribution >= 4 is 0 Å². The van der Waals surface area contributed by atoms with E-state index in [9.17, 15) is 0 Å². The monoisotopic (exact) mass is 154 g/mol. The minimum absolute atomic E-state index is 0.302. The standard InChI is InChI=1S/C10H18O/c1-4-9-5-10(6-9,8(2)3)11-7-9/h8H,4-7H2,1-3H3. The Hall–Kier alpha value is -0.0400. The summed E-state index contributed by atoms with van der Waals surface area (Å²) in [5.74, 6) is 0.713. The summed E-state index contributed by atoms with van der Waals surface area (Å²) >= 11 is 0. The van der Waals surface area contributed by atoms with Crippen molar-refractivity contribution in [2.75, 3.05) is 6.61 Å². The van der Waals surface area contributed by atoms with E-state index in [0.717, 1.165) is 6.61 Å². The van der Waals surface area contributed by atoms with E-state index in [1.54, 1.807) is 0 Å². The molecule has 64 valence electrons. The van der Waals surface area contributed by atoms with Gasteiger partial charge in [-0.05, 0) is 30.6 Å². The molecule has 11 heavy (non-hydrogen) atoms. The summed E-state index contributed by atoms with van der Waals surface area (Å²) in [7, 11) is 0. The van der Waals surface area contributed by atoms with Crippen molar-refractivity contribution in [3.05, 3.63) is 0 Å². The Balaban J connectivity index is 2.08. The third-order valence-corrected chi connectivity index (χ3v) is 3.82. The molecule has 0 unspecified atom stereocenters. The molecule has 1 nitrogen and oxygen atoms in total.